The number of rotatable bonds is 4. The van der Waals surface area contributed by atoms with Crippen molar-refractivity contribution in [1.82, 2.24) is 4.98 Å². The average molecular weight is 301 g/mol. The van der Waals surface area contributed by atoms with Crippen molar-refractivity contribution in [3.63, 3.8) is 0 Å². The predicted octanol–water partition coefficient (Wildman–Crippen LogP) is 4.15. The van der Waals surface area contributed by atoms with Crippen molar-refractivity contribution in [1.29, 1.82) is 0 Å². The summed E-state index contributed by atoms with van der Waals surface area (Å²) in [5, 5.41) is 3.07. The summed E-state index contributed by atoms with van der Waals surface area (Å²) < 4.78 is 18.2. The first-order chi connectivity index (χ1) is 9.10. The van der Waals surface area contributed by atoms with Gasteiger partial charge in [0.15, 0.2) is 5.82 Å². The number of nitrogens with one attached hydrogen (secondary N) is 1. The van der Waals surface area contributed by atoms with E-state index >= 15 is 0 Å². The Hall–Kier alpha value is -1.52. The Morgan fingerprint density at radius 1 is 1.26 bits per heavy atom. The second-order valence-corrected chi connectivity index (χ2v) is 4.63. The normalized spacial score (nSPS) is 10.3. The number of halogens is 3. The second-order valence-electron chi connectivity index (χ2n) is 3.82. The zero-order chi connectivity index (χ0) is 13.8. The van der Waals surface area contributed by atoms with Crippen LogP contribution in [0.3, 0.4) is 0 Å². The van der Waals surface area contributed by atoms with Gasteiger partial charge in [-0.1, -0.05) is 29.3 Å². The standard InChI is InChI=1S/C13H11Cl2FN2O/c1-19-12-3-2-8(7-18-12)6-17-9-4-10(14)13(16)11(15)5-9/h2-5,7,17H,6H2,1H3. The quantitative estimate of drug-likeness (QED) is 0.861. The molecule has 0 atom stereocenters. The maximum atomic E-state index is 13.2. The summed E-state index contributed by atoms with van der Waals surface area (Å²) in [6.45, 7) is 0.523. The molecule has 3 nitrogen and oxygen atoms in total. The Balaban J connectivity index is 2.05. The fraction of sp³-hybridized carbons (Fsp3) is 0.154. The van der Waals surface area contributed by atoms with Gasteiger partial charge in [0.2, 0.25) is 5.88 Å². The monoisotopic (exact) mass is 300 g/mol. The SMILES string of the molecule is COc1ccc(CNc2cc(Cl)c(F)c(Cl)c2)cn1. The van der Waals surface area contributed by atoms with E-state index in [9.17, 15) is 4.39 Å². The molecule has 2 aromatic rings. The van der Waals surface area contributed by atoms with Gasteiger partial charge >= 0.3 is 0 Å². The lowest BCUT2D eigenvalue weighted by Gasteiger charge is -2.08. The van der Waals surface area contributed by atoms with Crippen molar-refractivity contribution in [3.05, 3.63) is 51.9 Å². The highest BCUT2D eigenvalue weighted by molar-refractivity contribution is 6.35. The van der Waals surface area contributed by atoms with Gasteiger partial charge < -0.3 is 10.1 Å². The molecule has 0 aliphatic rings. The van der Waals surface area contributed by atoms with E-state index in [2.05, 4.69) is 10.3 Å². The van der Waals surface area contributed by atoms with Crippen molar-refractivity contribution in [2.24, 2.45) is 0 Å². The lowest BCUT2D eigenvalue weighted by atomic mass is 10.2. The van der Waals surface area contributed by atoms with E-state index in [1.54, 1.807) is 19.4 Å². The number of pyridine rings is 1. The highest BCUT2D eigenvalue weighted by Crippen LogP contribution is 2.27. The van der Waals surface area contributed by atoms with Crippen molar-refractivity contribution in [3.8, 4) is 5.88 Å². The van der Waals surface area contributed by atoms with Gasteiger partial charge in [-0.05, 0) is 17.7 Å². The highest BCUT2D eigenvalue weighted by atomic mass is 35.5. The number of hydrogen-bond donors (Lipinski definition) is 1. The Morgan fingerprint density at radius 2 is 1.95 bits per heavy atom. The summed E-state index contributed by atoms with van der Waals surface area (Å²) in [7, 11) is 1.56. The number of hydrogen-bond acceptors (Lipinski definition) is 3. The molecule has 0 aliphatic carbocycles. The third-order valence-corrected chi connectivity index (χ3v) is 3.04. The van der Waals surface area contributed by atoms with Gasteiger partial charge in [-0.2, -0.15) is 0 Å². The van der Waals surface area contributed by atoms with Gasteiger partial charge in [-0.3, -0.25) is 0 Å². The van der Waals surface area contributed by atoms with E-state index in [0.717, 1.165) is 5.56 Å². The van der Waals surface area contributed by atoms with E-state index in [4.69, 9.17) is 27.9 Å². The number of nitrogens with zero attached hydrogens (tertiary/aromatic N) is 1. The molecule has 0 unspecified atom stereocenters. The maximum Gasteiger partial charge on any atom is 0.212 e. The maximum absolute atomic E-state index is 13.2. The lowest BCUT2D eigenvalue weighted by Crippen LogP contribution is -2.00. The zero-order valence-electron chi connectivity index (χ0n) is 10.1. The van der Waals surface area contributed by atoms with Crippen molar-refractivity contribution in [2.45, 2.75) is 6.54 Å². The van der Waals surface area contributed by atoms with Gasteiger partial charge in [0, 0.05) is 24.5 Å². The van der Waals surface area contributed by atoms with Crippen LogP contribution < -0.4 is 10.1 Å². The summed E-state index contributed by atoms with van der Waals surface area (Å²) in [5.41, 5.74) is 1.60. The molecule has 1 heterocycles. The zero-order valence-corrected chi connectivity index (χ0v) is 11.6. The molecule has 0 radical (unpaired) electrons. The number of benzene rings is 1. The molecule has 1 aromatic carbocycles. The van der Waals surface area contributed by atoms with Crippen LogP contribution in [-0.4, -0.2) is 12.1 Å². The van der Waals surface area contributed by atoms with E-state index in [1.165, 1.54) is 12.1 Å². The molecule has 1 aromatic heterocycles. The number of anilines is 1. The minimum atomic E-state index is -0.611. The van der Waals surface area contributed by atoms with Crippen LogP contribution in [0.4, 0.5) is 10.1 Å². The molecule has 0 fully saturated rings. The molecule has 1 N–H and O–H groups in total. The molecule has 100 valence electrons. The minimum absolute atomic E-state index is 0.0112. The van der Waals surface area contributed by atoms with Crippen LogP contribution in [0.1, 0.15) is 5.56 Å². The van der Waals surface area contributed by atoms with Gasteiger partial charge in [0.05, 0.1) is 17.2 Å². The molecular weight excluding hydrogens is 290 g/mol. The molecule has 0 saturated carbocycles. The van der Waals surface area contributed by atoms with Crippen LogP contribution in [-0.2, 0) is 6.54 Å². The third-order valence-electron chi connectivity index (χ3n) is 2.49. The number of methoxy groups -OCH3 is 1. The van der Waals surface area contributed by atoms with Crippen LogP contribution in [0.5, 0.6) is 5.88 Å². The topological polar surface area (TPSA) is 34.1 Å². The lowest BCUT2D eigenvalue weighted by molar-refractivity contribution is 0.397. The molecule has 0 bridgehead atoms. The molecule has 0 spiro atoms. The first-order valence-electron chi connectivity index (χ1n) is 5.47. The fourth-order valence-corrected chi connectivity index (χ4v) is 1.99. The molecule has 0 amide bonds. The van der Waals surface area contributed by atoms with Crippen LogP contribution in [0, 0.1) is 5.82 Å². The molecular formula is C13H11Cl2FN2O. The summed E-state index contributed by atoms with van der Waals surface area (Å²) in [4.78, 5) is 4.08. The van der Waals surface area contributed by atoms with Gasteiger partial charge in [-0.25, -0.2) is 9.37 Å². The average Bonchev–Trinajstić information content (AvgIpc) is 2.43. The Morgan fingerprint density at radius 3 is 2.47 bits per heavy atom. The molecule has 19 heavy (non-hydrogen) atoms. The molecule has 6 heteroatoms. The number of ether oxygens (including phenoxy) is 1. The van der Waals surface area contributed by atoms with Crippen molar-refractivity contribution >= 4 is 28.9 Å². The molecule has 0 aliphatic heterocycles. The summed E-state index contributed by atoms with van der Waals surface area (Å²) in [6.07, 6.45) is 1.69. The van der Waals surface area contributed by atoms with Gasteiger partial charge in [0.25, 0.3) is 0 Å². The Labute approximate surface area is 120 Å². The first-order valence-corrected chi connectivity index (χ1v) is 6.23. The summed E-state index contributed by atoms with van der Waals surface area (Å²) >= 11 is 11.4. The molecule has 0 saturated heterocycles. The predicted molar refractivity (Wildman–Crippen MR) is 74.5 cm³/mol. The van der Waals surface area contributed by atoms with E-state index in [-0.39, 0.29) is 10.0 Å². The van der Waals surface area contributed by atoms with Crippen LogP contribution in [0.2, 0.25) is 10.0 Å². The van der Waals surface area contributed by atoms with Crippen LogP contribution in [0.15, 0.2) is 30.5 Å². The first kappa shape index (κ1) is 13.9. The van der Waals surface area contributed by atoms with E-state index < -0.39 is 5.82 Å². The van der Waals surface area contributed by atoms with Gasteiger partial charge in [0.1, 0.15) is 0 Å². The van der Waals surface area contributed by atoms with Gasteiger partial charge in [-0.15, -0.1) is 0 Å². The number of aromatic nitrogens is 1. The fourth-order valence-electron chi connectivity index (χ4n) is 1.50. The second kappa shape index (κ2) is 6.08. The summed E-state index contributed by atoms with van der Waals surface area (Å²) in [6, 6.07) is 6.62. The largest absolute Gasteiger partial charge is 0.481 e. The summed E-state index contributed by atoms with van der Waals surface area (Å²) in [5.74, 6) is -0.0587. The smallest absolute Gasteiger partial charge is 0.212 e. The third kappa shape index (κ3) is 3.49. The van der Waals surface area contributed by atoms with E-state index in [1.807, 2.05) is 6.07 Å². The molecule has 2 rings (SSSR count). The highest BCUT2D eigenvalue weighted by Gasteiger charge is 2.07. The van der Waals surface area contributed by atoms with Crippen molar-refractivity contribution < 1.29 is 9.13 Å². The Kier molecular flexibility index (Phi) is 4.45. The minimum Gasteiger partial charge on any atom is -0.481 e. The van der Waals surface area contributed by atoms with Crippen LogP contribution in [0.25, 0.3) is 0 Å². The van der Waals surface area contributed by atoms with Crippen LogP contribution >= 0.6 is 23.2 Å². The van der Waals surface area contributed by atoms with Crippen molar-refractivity contribution in [2.75, 3.05) is 12.4 Å². The Bertz CT molecular complexity index is 552. The van der Waals surface area contributed by atoms with E-state index in [0.29, 0.717) is 18.1 Å².